The molecule has 1 atom stereocenters. The van der Waals surface area contributed by atoms with E-state index in [2.05, 4.69) is 44.2 Å². The highest BCUT2D eigenvalue weighted by molar-refractivity contribution is 5.57. The van der Waals surface area contributed by atoms with Crippen LogP contribution < -0.4 is 0 Å². The van der Waals surface area contributed by atoms with E-state index in [9.17, 15) is 0 Å². The Hall–Kier alpha value is -1.04. The minimum Gasteiger partial charge on any atom is -0.0808 e. The minimum absolute atomic E-state index is 0.709. The number of fused-ring (bicyclic) bond motifs is 1. The molecule has 1 aromatic rings. The summed E-state index contributed by atoms with van der Waals surface area (Å²) in [6.45, 7) is 8.41. The van der Waals surface area contributed by atoms with Crippen molar-refractivity contribution in [2.45, 2.75) is 34.1 Å². The average molecular weight is 188 g/mol. The number of hydrogen-bond donors (Lipinski definition) is 0. The molecule has 14 heavy (non-hydrogen) atoms. The summed E-state index contributed by atoms with van der Waals surface area (Å²) in [4.78, 5) is 0. The second-order valence-electron chi connectivity index (χ2n) is 3.74. The van der Waals surface area contributed by atoms with Crippen molar-refractivity contribution in [1.82, 2.24) is 0 Å². The van der Waals surface area contributed by atoms with Crippen LogP contribution in [0.3, 0.4) is 0 Å². The summed E-state index contributed by atoms with van der Waals surface area (Å²) < 4.78 is 0. The van der Waals surface area contributed by atoms with Crippen LogP contribution in [0.4, 0.5) is 0 Å². The van der Waals surface area contributed by atoms with Crippen molar-refractivity contribution in [2.75, 3.05) is 0 Å². The zero-order valence-electron chi connectivity index (χ0n) is 9.67. The van der Waals surface area contributed by atoms with Gasteiger partial charge in [0.05, 0.1) is 0 Å². The van der Waals surface area contributed by atoms with Crippen LogP contribution in [0.5, 0.6) is 0 Å². The van der Waals surface area contributed by atoms with Crippen LogP contribution >= 0.6 is 0 Å². The first-order valence-electron chi connectivity index (χ1n) is 5.53. The van der Waals surface area contributed by atoms with Gasteiger partial charge < -0.3 is 0 Å². The molecule has 1 aromatic carbocycles. The lowest BCUT2D eigenvalue weighted by Crippen LogP contribution is -2.02. The first-order chi connectivity index (χ1) is 6.75. The third kappa shape index (κ3) is 2.47. The number of rotatable bonds is 0. The van der Waals surface area contributed by atoms with Crippen molar-refractivity contribution >= 4 is 6.08 Å². The highest BCUT2D eigenvalue weighted by Gasteiger charge is 2.08. The fourth-order valence-corrected chi connectivity index (χ4v) is 1.74. The van der Waals surface area contributed by atoms with Gasteiger partial charge in [0.15, 0.2) is 0 Å². The summed E-state index contributed by atoms with van der Waals surface area (Å²) in [6, 6.07) is 6.72. The maximum absolute atomic E-state index is 2.29. The smallest absolute Gasteiger partial charge is 0.0212 e. The fraction of sp³-hybridized carbons (Fsp3) is 0.429. The maximum atomic E-state index is 2.29. The highest BCUT2D eigenvalue weighted by Crippen LogP contribution is 2.23. The monoisotopic (exact) mass is 188 g/mol. The normalized spacial score (nSPS) is 18.1. The van der Waals surface area contributed by atoms with E-state index in [0.717, 1.165) is 0 Å². The summed E-state index contributed by atoms with van der Waals surface area (Å²) in [5.41, 5.74) is 4.26. The number of allylic oxidation sites excluding steroid dienone is 1. The Morgan fingerprint density at radius 3 is 2.64 bits per heavy atom. The van der Waals surface area contributed by atoms with Gasteiger partial charge in [-0.1, -0.05) is 56.7 Å². The molecular formula is C14H20. The molecule has 0 saturated heterocycles. The van der Waals surface area contributed by atoms with Crippen LogP contribution in [0, 0.1) is 12.8 Å². The molecule has 0 N–H and O–H groups in total. The molecule has 0 heteroatoms. The molecule has 0 fully saturated rings. The molecule has 0 radical (unpaired) electrons. The second-order valence-corrected chi connectivity index (χ2v) is 3.74. The van der Waals surface area contributed by atoms with E-state index >= 15 is 0 Å². The third-order valence-electron chi connectivity index (χ3n) is 2.45. The first kappa shape index (κ1) is 11.0. The molecule has 2 rings (SSSR count). The molecule has 0 saturated carbocycles. The number of hydrogen-bond acceptors (Lipinski definition) is 0. The summed E-state index contributed by atoms with van der Waals surface area (Å²) in [5.74, 6) is 0.709. The SMILES string of the molecule is CC.Cc1ccc2c(c1)C=CC(C)C2. The maximum Gasteiger partial charge on any atom is -0.0212 e. The van der Waals surface area contributed by atoms with Crippen LogP contribution in [-0.2, 0) is 6.42 Å². The van der Waals surface area contributed by atoms with E-state index in [0.29, 0.717) is 5.92 Å². The van der Waals surface area contributed by atoms with Gasteiger partial charge in [0.25, 0.3) is 0 Å². The van der Waals surface area contributed by atoms with Crippen molar-refractivity contribution < 1.29 is 0 Å². The minimum atomic E-state index is 0.709. The van der Waals surface area contributed by atoms with Crippen molar-refractivity contribution in [1.29, 1.82) is 0 Å². The lowest BCUT2D eigenvalue weighted by molar-refractivity contribution is 0.717. The molecule has 0 nitrogen and oxygen atoms in total. The van der Waals surface area contributed by atoms with Gasteiger partial charge in [-0.25, -0.2) is 0 Å². The van der Waals surface area contributed by atoms with Crippen LogP contribution in [0.2, 0.25) is 0 Å². The van der Waals surface area contributed by atoms with Gasteiger partial charge in [-0.05, 0) is 30.4 Å². The Kier molecular flexibility index (Phi) is 3.94. The lowest BCUT2D eigenvalue weighted by Gasteiger charge is -2.15. The van der Waals surface area contributed by atoms with Crippen molar-refractivity contribution in [3.8, 4) is 0 Å². The highest BCUT2D eigenvalue weighted by atomic mass is 14.1. The van der Waals surface area contributed by atoms with Crippen LogP contribution in [0.1, 0.15) is 37.5 Å². The zero-order valence-corrected chi connectivity index (χ0v) is 9.67. The Bertz CT molecular complexity index is 321. The molecule has 1 aliphatic rings. The second kappa shape index (κ2) is 4.99. The topological polar surface area (TPSA) is 0 Å². The van der Waals surface area contributed by atoms with E-state index in [4.69, 9.17) is 0 Å². The van der Waals surface area contributed by atoms with Crippen LogP contribution in [0.25, 0.3) is 6.08 Å². The van der Waals surface area contributed by atoms with Gasteiger partial charge in [0.2, 0.25) is 0 Å². The zero-order chi connectivity index (χ0) is 10.6. The van der Waals surface area contributed by atoms with E-state index in [1.54, 1.807) is 0 Å². The molecule has 0 amide bonds. The predicted octanol–water partition coefficient (Wildman–Crippen LogP) is 4.23. The van der Waals surface area contributed by atoms with Crippen LogP contribution in [-0.4, -0.2) is 0 Å². The number of benzene rings is 1. The van der Waals surface area contributed by atoms with Crippen molar-refractivity contribution in [3.63, 3.8) is 0 Å². The van der Waals surface area contributed by atoms with Gasteiger partial charge >= 0.3 is 0 Å². The van der Waals surface area contributed by atoms with E-state index in [1.165, 1.54) is 23.1 Å². The van der Waals surface area contributed by atoms with Crippen molar-refractivity contribution in [3.05, 3.63) is 41.0 Å². The molecule has 0 aliphatic heterocycles. The molecule has 76 valence electrons. The van der Waals surface area contributed by atoms with Gasteiger partial charge in [0.1, 0.15) is 0 Å². The molecule has 1 unspecified atom stereocenters. The van der Waals surface area contributed by atoms with Gasteiger partial charge in [-0.2, -0.15) is 0 Å². The Labute approximate surface area is 87.7 Å². The molecule has 0 aromatic heterocycles. The molecule has 1 aliphatic carbocycles. The summed E-state index contributed by atoms with van der Waals surface area (Å²) in [7, 11) is 0. The largest absolute Gasteiger partial charge is 0.0808 e. The first-order valence-corrected chi connectivity index (χ1v) is 5.53. The summed E-state index contributed by atoms with van der Waals surface area (Å²) >= 11 is 0. The summed E-state index contributed by atoms with van der Waals surface area (Å²) in [6.07, 6.45) is 5.74. The van der Waals surface area contributed by atoms with Gasteiger partial charge in [-0.15, -0.1) is 0 Å². The molecule has 0 heterocycles. The van der Waals surface area contributed by atoms with Crippen LogP contribution in [0.15, 0.2) is 24.3 Å². The van der Waals surface area contributed by atoms with Gasteiger partial charge in [0, 0.05) is 0 Å². The molecule has 0 spiro atoms. The van der Waals surface area contributed by atoms with E-state index in [-0.39, 0.29) is 0 Å². The Morgan fingerprint density at radius 1 is 1.21 bits per heavy atom. The van der Waals surface area contributed by atoms with Gasteiger partial charge in [-0.3, -0.25) is 0 Å². The Balaban J connectivity index is 0.000000461. The van der Waals surface area contributed by atoms with E-state index in [1.807, 2.05) is 13.8 Å². The Morgan fingerprint density at radius 2 is 1.93 bits per heavy atom. The van der Waals surface area contributed by atoms with Crippen molar-refractivity contribution in [2.24, 2.45) is 5.92 Å². The quantitative estimate of drug-likeness (QED) is 0.571. The predicted molar refractivity (Wildman–Crippen MR) is 64.4 cm³/mol. The average Bonchev–Trinajstić information content (AvgIpc) is 2.21. The summed E-state index contributed by atoms with van der Waals surface area (Å²) in [5, 5.41) is 0. The third-order valence-corrected chi connectivity index (χ3v) is 2.45. The molecular weight excluding hydrogens is 168 g/mol. The molecule has 0 bridgehead atoms. The lowest BCUT2D eigenvalue weighted by atomic mass is 9.90. The fourth-order valence-electron chi connectivity index (χ4n) is 1.74. The number of aryl methyl sites for hydroxylation is 1. The standard InChI is InChI=1S/C12H14.C2H6/c1-9-3-5-12-8-10(2)4-6-11(12)7-9;1-2/h3-7,10H,8H2,1-2H3;1-2H3. The van der Waals surface area contributed by atoms with E-state index < -0.39 is 0 Å².